The van der Waals surface area contributed by atoms with E-state index >= 15 is 0 Å². The SMILES string of the molecule is CC#CCCC(NCCC)C1(OCC)CCCCCC1. The molecule has 1 aliphatic carbocycles. The summed E-state index contributed by atoms with van der Waals surface area (Å²) in [6.07, 6.45) is 11.0. The van der Waals surface area contributed by atoms with Gasteiger partial charge in [0, 0.05) is 19.1 Å². The van der Waals surface area contributed by atoms with Crippen molar-refractivity contribution in [1.82, 2.24) is 5.32 Å². The van der Waals surface area contributed by atoms with Gasteiger partial charge in [0.05, 0.1) is 5.60 Å². The standard InChI is InChI=1S/C18H33NO/c1-4-7-10-13-17(19-16-5-2)18(20-6-3)14-11-8-9-12-15-18/h17,19H,5-6,8-16H2,1-3H3. The summed E-state index contributed by atoms with van der Waals surface area (Å²) in [5.41, 5.74) is 0.0514. The van der Waals surface area contributed by atoms with Crippen LogP contribution in [-0.4, -0.2) is 24.8 Å². The Morgan fingerprint density at radius 3 is 2.40 bits per heavy atom. The summed E-state index contributed by atoms with van der Waals surface area (Å²) < 4.78 is 6.33. The molecular formula is C18H33NO. The third-order valence-corrected chi connectivity index (χ3v) is 4.39. The zero-order valence-electron chi connectivity index (χ0n) is 13.8. The quantitative estimate of drug-likeness (QED) is 0.529. The molecule has 1 atom stereocenters. The monoisotopic (exact) mass is 279 g/mol. The molecule has 0 bridgehead atoms. The molecule has 1 saturated carbocycles. The van der Waals surface area contributed by atoms with Gasteiger partial charge < -0.3 is 10.1 Å². The second kappa shape index (κ2) is 10.2. The van der Waals surface area contributed by atoms with Gasteiger partial charge in [0.2, 0.25) is 0 Å². The molecule has 2 heteroatoms. The molecule has 1 N–H and O–H groups in total. The molecule has 20 heavy (non-hydrogen) atoms. The van der Waals surface area contributed by atoms with Gasteiger partial charge >= 0.3 is 0 Å². The van der Waals surface area contributed by atoms with E-state index in [0.717, 1.165) is 26.0 Å². The zero-order valence-corrected chi connectivity index (χ0v) is 13.8. The molecule has 1 fully saturated rings. The highest BCUT2D eigenvalue weighted by atomic mass is 16.5. The van der Waals surface area contributed by atoms with E-state index in [4.69, 9.17) is 4.74 Å². The van der Waals surface area contributed by atoms with E-state index in [2.05, 4.69) is 31.0 Å². The molecule has 116 valence electrons. The maximum Gasteiger partial charge on any atom is 0.0834 e. The van der Waals surface area contributed by atoms with E-state index in [1.54, 1.807) is 0 Å². The summed E-state index contributed by atoms with van der Waals surface area (Å²) in [5, 5.41) is 3.76. The number of ether oxygens (including phenoxy) is 1. The van der Waals surface area contributed by atoms with Crippen molar-refractivity contribution in [1.29, 1.82) is 0 Å². The summed E-state index contributed by atoms with van der Waals surface area (Å²) in [4.78, 5) is 0. The first-order chi connectivity index (χ1) is 9.79. The van der Waals surface area contributed by atoms with Crippen LogP contribution in [0.2, 0.25) is 0 Å². The zero-order chi connectivity index (χ0) is 14.7. The van der Waals surface area contributed by atoms with Gasteiger partial charge in [-0.2, -0.15) is 0 Å². The maximum atomic E-state index is 6.33. The van der Waals surface area contributed by atoms with Crippen LogP contribution >= 0.6 is 0 Å². The predicted molar refractivity (Wildman–Crippen MR) is 86.8 cm³/mol. The van der Waals surface area contributed by atoms with Crippen molar-refractivity contribution in [3.63, 3.8) is 0 Å². The fourth-order valence-corrected chi connectivity index (χ4v) is 3.42. The van der Waals surface area contributed by atoms with Crippen molar-refractivity contribution >= 4 is 0 Å². The highest BCUT2D eigenvalue weighted by molar-refractivity contribution is 5.00. The fraction of sp³-hybridized carbons (Fsp3) is 0.889. The van der Waals surface area contributed by atoms with E-state index in [1.807, 2.05) is 6.92 Å². The van der Waals surface area contributed by atoms with Crippen LogP contribution in [0.5, 0.6) is 0 Å². The normalized spacial score (nSPS) is 19.8. The largest absolute Gasteiger partial charge is 0.374 e. The molecule has 0 amide bonds. The van der Waals surface area contributed by atoms with Gasteiger partial charge in [-0.1, -0.05) is 32.6 Å². The van der Waals surface area contributed by atoms with Gasteiger partial charge in [0.15, 0.2) is 0 Å². The van der Waals surface area contributed by atoms with E-state index in [0.29, 0.717) is 6.04 Å². The van der Waals surface area contributed by atoms with Gasteiger partial charge in [-0.3, -0.25) is 0 Å². The first-order valence-electron chi connectivity index (χ1n) is 8.56. The van der Waals surface area contributed by atoms with Gasteiger partial charge in [-0.15, -0.1) is 11.8 Å². The predicted octanol–water partition coefficient (Wildman–Crippen LogP) is 4.29. The lowest BCUT2D eigenvalue weighted by molar-refractivity contribution is -0.0782. The number of hydrogen-bond donors (Lipinski definition) is 1. The third kappa shape index (κ3) is 5.46. The molecule has 2 nitrogen and oxygen atoms in total. The van der Waals surface area contributed by atoms with Gasteiger partial charge in [0.25, 0.3) is 0 Å². The van der Waals surface area contributed by atoms with Crippen LogP contribution in [0.4, 0.5) is 0 Å². The smallest absolute Gasteiger partial charge is 0.0834 e. The lowest BCUT2D eigenvalue weighted by Crippen LogP contribution is -2.52. The van der Waals surface area contributed by atoms with Crippen molar-refractivity contribution in [3.05, 3.63) is 0 Å². The Kier molecular flexibility index (Phi) is 8.98. The average molecular weight is 279 g/mol. The minimum absolute atomic E-state index is 0.0514. The summed E-state index contributed by atoms with van der Waals surface area (Å²) in [5.74, 6) is 6.24. The van der Waals surface area contributed by atoms with E-state index in [-0.39, 0.29) is 5.60 Å². The maximum absolute atomic E-state index is 6.33. The van der Waals surface area contributed by atoms with Gasteiger partial charge in [-0.25, -0.2) is 0 Å². The molecule has 0 aromatic heterocycles. The van der Waals surface area contributed by atoms with Crippen molar-refractivity contribution in [2.45, 2.75) is 90.2 Å². The second-order valence-corrected chi connectivity index (χ2v) is 5.88. The first kappa shape index (κ1) is 17.5. The van der Waals surface area contributed by atoms with Crippen LogP contribution in [0.25, 0.3) is 0 Å². The topological polar surface area (TPSA) is 21.3 Å². The van der Waals surface area contributed by atoms with E-state index < -0.39 is 0 Å². The van der Waals surface area contributed by atoms with Crippen molar-refractivity contribution < 1.29 is 4.74 Å². The Morgan fingerprint density at radius 2 is 1.85 bits per heavy atom. The van der Waals surface area contributed by atoms with Crippen molar-refractivity contribution in [3.8, 4) is 11.8 Å². The van der Waals surface area contributed by atoms with Crippen LogP contribution in [0.15, 0.2) is 0 Å². The Morgan fingerprint density at radius 1 is 1.15 bits per heavy atom. The summed E-state index contributed by atoms with van der Waals surface area (Å²) >= 11 is 0. The summed E-state index contributed by atoms with van der Waals surface area (Å²) in [6.45, 7) is 8.20. The molecule has 0 aliphatic heterocycles. The molecule has 0 aromatic carbocycles. The minimum Gasteiger partial charge on any atom is -0.374 e. The fourth-order valence-electron chi connectivity index (χ4n) is 3.42. The van der Waals surface area contributed by atoms with Crippen molar-refractivity contribution in [2.24, 2.45) is 0 Å². The Balaban J connectivity index is 2.78. The molecule has 0 heterocycles. The van der Waals surface area contributed by atoms with Crippen LogP contribution in [0, 0.1) is 11.8 Å². The highest BCUT2D eigenvalue weighted by Crippen LogP contribution is 2.35. The Bertz CT molecular complexity index is 294. The lowest BCUT2D eigenvalue weighted by atomic mass is 9.83. The number of nitrogens with one attached hydrogen (secondary N) is 1. The highest BCUT2D eigenvalue weighted by Gasteiger charge is 2.38. The Labute approximate surface area is 126 Å². The number of hydrogen-bond acceptors (Lipinski definition) is 2. The lowest BCUT2D eigenvalue weighted by Gasteiger charge is -2.41. The van der Waals surface area contributed by atoms with Crippen molar-refractivity contribution in [2.75, 3.05) is 13.2 Å². The van der Waals surface area contributed by atoms with Gasteiger partial charge in [0.1, 0.15) is 0 Å². The molecule has 0 saturated heterocycles. The molecule has 1 aliphatic rings. The summed E-state index contributed by atoms with van der Waals surface area (Å²) in [6, 6.07) is 0.460. The molecule has 0 radical (unpaired) electrons. The molecule has 1 rings (SSSR count). The number of rotatable bonds is 8. The third-order valence-electron chi connectivity index (χ3n) is 4.39. The molecule has 1 unspecified atom stereocenters. The first-order valence-corrected chi connectivity index (χ1v) is 8.56. The molecule has 0 spiro atoms. The van der Waals surface area contributed by atoms with Crippen LogP contribution < -0.4 is 5.32 Å². The van der Waals surface area contributed by atoms with Crippen LogP contribution in [0.3, 0.4) is 0 Å². The molecule has 0 aromatic rings. The van der Waals surface area contributed by atoms with Gasteiger partial charge in [-0.05, 0) is 46.1 Å². The van der Waals surface area contributed by atoms with Crippen LogP contribution in [-0.2, 0) is 4.74 Å². The second-order valence-electron chi connectivity index (χ2n) is 5.88. The van der Waals surface area contributed by atoms with Crippen LogP contribution in [0.1, 0.15) is 78.6 Å². The Hall–Kier alpha value is -0.520. The average Bonchev–Trinajstić information content (AvgIpc) is 2.69. The minimum atomic E-state index is 0.0514. The molecular weight excluding hydrogens is 246 g/mol. The van der Waals surface area contributed by atoms with E-state index in [1.165, 1.54) is 44.9 Å². The summed E-state index contributed by atoms with van der Waals surface area (Å²) in [7, 11) is 0. The van der Waals surface area contributed by atoms with E-state index in [9.17, 15) is 0 Å².